The summed E-state index contributed by atoms with van der Waals surface area (Å²) >= 11 is 0. The van der Waals surface area contributed by atoms with E-state index < -0.39 is 0 Å². The van der Waals surface area contributed by atoms with Crippen molar-refractivity contribution in [2.75, 3.05) is 0 Å². The van der Waals surface area contributed by atoms with Crippen molar-refractivity contribution >= 4 is 5.91 Å². The van der Waals surface area contributed by atoms with Crippen LogP contribution in [0.3, 0.4) is 0 Å². The number of rotatable bonds is 5. The Morgan fingerprint density at radius 3 is 2.67 bits per heavy atom. The second-order valence-electron chi connectivity index (χ2n) is 6.33. The minimum absolute atomic E-state index is 0.117. The van der Waals surface area contributed by atoms with E-state index in [1.54, 1.807) is 0 Å². The van der Waals surface area contributed by atoms with E-state index in [9.17, 15) is 4.79 Å². The highest BCUT2D eigenvalue weighted by molar-refractivity contribution is 5.79. The normalized spacial score (nSPS) is 23.6. The third-order valence-corrected chi connectivity index (χ3v) is 4.67. The third-order valence-electron chi connectivity index (χ3n) is 4.67. The molecule has 0 radical (unpaired) electrons. The molecule has 3 heteroatoms. The van der Waals surface area contributed by atoms with Crippen molar-refractivity contribution in [3.8, 4) is 0 Å². The number of carbonyl (C=O) groups excluding carboxylic acids is 1. The molecule has 1 aromatic rings. The molecule has 2 rings (SSSR count). The number of nitrogens with zero attached hydrogens (tertiary/aromatic N) is 1. The summed E-state index contributed by atoms with van der Waals surface area (Å²) in [6, 6.07) is 10.7. The summed E-state index contributed by atoms with van der Waals surface area (Å²) in [4.78, 5) is 15.0. The molecule has 0 heterocycles. The lowest BCUT2D eigenvalue weighted by Crippen LogP contribution is -2.44. The SMILES string of the molecule is CCC(C)N(Cc1ccccc1)C(=O)C1CCCC(N)C1. The fraction of sp³-hybridized carbons (Fsp3) is 0.611. The van der Waals surface area contributed by atoms with Crippen LogP contribution in [0.25, 0.3) is 0 Å². The molecule has 3 unspecified atom stereocenters. The fourth-order valence-electron chi connectivity index (χ4n) is 3.14. The average molecular weight is 288 g/mol. The molecule has 116 valence electrons. The highest BCUT2D eigenvalue weighted by Crippen LogP contribution is 2.26. The molecule has 1 aliphatic rings. The topological polar surface area (TPSA) is 46.3 Å². The van der Waals surface area contributed by atoms with Crippen LogP contribution in [-0.2, 0) is 11.3 Å². The van der Waals surface area contributed by atoms with Gasteiger partial charge >= 0.3 is 0 Å². The Balaban J connectivity index is 2.09. The van der Waals surface area contributed by atoms with E-state index in [0.29, 0.717) is 12.5 Å². The first-order valence-corrected chi connectivity index (χ1v) is 8.21. The van der Waals surface area contributed by atoms with Gasteiger partial charge in [0.1, 0.15) is 0 Å². The molecule has 0 bridgehead atoms. The summed E-state index contributed by atoms with van der Waals surface area (Å²) in [5, 5.41) is 0. The van der Waals surface area contributed by atoms with Gasteiger partial charge in [-0.05, 0) is 38.2 Å². The van der Waals surface area contributed by atoms with Crippen LogP contribution in [0.15, 0.2) is 30.3 Å². The highest BCUT2D eigenvalue weighted by atomic mass is 16.2. The molecule has 21 heavy (non-hydrogen) atoms. The molecule has 0 saturated heterocycles. The monoisotopic (exact) mass is 288 g/mol. The van der Waals surface area contributed by atoms with Gasteiger partial charge in [0.15, 0.2) is 0 Å². The van der Waals surface area contributed by atoms with Crippen molar-refractivity contribution in [3.63, 3.8) is 0 Å². The molecule has 0 spiro atoms. The zero-order valence-electron chi connectivity index (χ0n) is 13.3. The summed E-state index contributed by atoms with van der Waals surface area (Å²) in [6.07, 6.45) is 4.97. The van der Waals surface area contributed by atoms with Crippen LogP contribution in [0, 0.1) is 5.92 Å². The van der Waals surface area contributed by atoms with Crippen LogP contribution < -0.4 is 5.73 Å². The first kappa shape index (κ1) is 16.0. The summed E-state index contributed by atoms with van der Waals surface area (Å²) in [6.45, 7) is 4.99. The van der Waals surface area contributed by atoms with Crippen LogP contribution in [-0.4, -0.2) is 22.9 Å². The second kappa shape index (κ2) is 7.60. The Kier molecular flexibility index (Phi) is 5.80. The summed E-state index contributed by atoms with van der Waals surface area (Å²) < 4.78 is 0. The van der Waals surface area contributed by atoms with Crippen LogP contribution in [0.2, 0.25) is 0 Å². The molecule has 1 aliphatic carbocycles. The standard InChI is InChI=1S/C18H28N2O/c1-3-14(2)20(13-15-8-5-4-6-9-15)18(21)16-10-7-11-17(19)12-16/h4-6,8-9,14,16-17H,3,7,10-13,19H2,1-2H3. The average Bonchev–Trinajstić information content (AvgIpc) is 2.52. The van der Waals surface area contributed by atoms with Crippen molar-refractivity contribution in [3.05, 3.63) is 35.9 Å². The lowest BCUT2D eigenvalue weighted by atomic mass is 9.85. The van der Waals surface area contributed by atoms with Crippen LogP contribution in [0.1, 0.15) is 51.5 Å². The molecule has 1 saturated carbocycles. The van der Waals surface area contributed by atoms with Gasteiger partial charge in [0.25, 0.3) is 0 Å². The van der Waals surface area contributed by atoms with Gasteiger partial charge in [0, 0.05) is 24.5 Å². The van der Waals surface area contributed by atoms with Crippen molar-refractivity contribution in [2.45, 2.75) is 64.6 Å². The number of hydrogen-bond acceptors (Lipinski definition) is 2. The summed E-state index contributed by atoms with van der Waals surface area (Å²) in [5.74, 6) is 0.412. The van der Waals surface area contributed by atoms with Gasteiger partial charge in [-0.25, -0.2) is 0 Å². The lowest BCUT2D eigenvalue weighted by molar-refractivity contribution is -0.139. The number of carbonyl (C=O) groups is 1. The Bertz CT molecular complexity index is 446. The van der Waals surface area contributed by atoms with E-state index in [1.807, 2.05) is 18.2 Å². The Morgan fingerprint density at radius 1 is 1.33 bits per heavy atom. The molecule has 0 aliphatic heterocycles. The zero-order valence-corrected chi connectivity index (χ0v) is 13.3. The van der Waals surface area contributed by atoms with Gasteiger partial charge in [-0.3, -0.25) is 4.79 Å². The van der Waals surface area contributed by atoms with E-state index in [2.05, 4.69) is 30.9 Å². The zero-order chi connectivity index (χ0) is 15.2. The van der Waals surface area contributed by atoms with Crippen molar-refractivity contribution in [1.29, 1.82) is 0 Å². The molecule has 2 N–H and O–H groups in total. The van der Waals surface area contributed by atoms with E-state index in [0.717, 1.165) is 32.1 Å². The minimum atomic E-state index is 0.117. The largest absolute Gasteiger partial charge is 0.335 e. The van der Waals surface area contributed by atoms with Gasteiger partial charge in [0.2, 0.25) is 5.91 Å². The van der Waals surface area contributed by atoms with Crippen LogP contribution in [0.5, 0.6) is 0 Å². The highest BCUT2D eigenvalue weighted by Gasteiger charge is 2.30. The van der Waals surface area contributed by atoms with Gasteiger partial charge in [-0.1, -0.05) is 43.7 Å². The van der Waals surface area contributed by atoms with E-state index in [-0.39, 0.29) is 18.0 Å². The summed E-state index contributed by atoms with van der Waals surface area (Å²) in [7, 11) is 0. The quantitative estimate of drug-likeness (QED) is 0.903. The number of amides is 1. The number of nitrogens with two attached hydrogens (primary N) is 1. The van der Waals surface area contributed by atoms with Crippen molar-refractivity contribution < 1.29 is 4.79 Å². The maximum Gasteiger partial charge on any atom is 0.226 e. The first-order valence-electron chi connectivity index (χ1n) is 8.21. The van der Waals surface area contributed by atoms with Crippen LogP contribution in [0.4, 0.5) is 0 Å². The summed E-state index contributed by atoms with van der Waals surface area (Å²) in [5.41, 5.74) is 7.25. The lowest BCUT2D eigenvalue weighted by Gasteiger charge is -2.35. The molecular weight excluding hydrogens is 260 g/mol. The van der Waals surface area contributed by atoms with Gasteiger partial charge in [-0.15, -0.1) is 0 Å². The van der Waals surface area contributed by atoms with Crippen molar-refractivity contribution in [2.24, 2.45) is 11.7 Å². The number of benzene rings is 1. The first-order chi connectivity index (χ1) is 10.1. The fourth-order valence-corrected chi connectivity index (χ4v) is 3.14. The molecular formula is C18H28N2O. The number of hydrogen-bond donors (Lipinski definition) is 1. The predicted octanol–water partition coefficient (Wildman–Crippen LogP) is 3.33. The van der Waals surface area contributed by atoms with Gasteiger partial charge < -0.3 is 10.6 Å². The second-order valence-corrected chi connectivity index (χ2v) is 6.33. The van der Waals surface area contributed by atoms with Gasteiger partial charge in [-0.2, -0.15) is 0 Å². The van der Waals surface area contributed by atoms with E-state index in [1.165, 1.54) is 5.56 Å². The smallest absolute Gasteiger partial charge is 0.226 e. The molecule has 3 atom stereocenters. The van der Waals surface area contributed by atoms with E-state index in [4.69, 9.17) is 5.73 Å². The maximum absolute atomic E-state index is 12.9. The van der Waals surface area contributed by atoms with Crippen LogP contribution >= 0.6 is 0 Å². The maximum atomic E-state index is 12.9. The molecule has 1 amide bonds. The predicted molar refractivity (Wildman–Crippen MR) is 86.7 cm³/mol. The molecule has 3 nitrogen and oxygen atoms in total. The molecule has 1 fully saturated rings. The Labute approximate surface area is 128 Å². The van der Waals surface area contributed by atoms with E-state index >= 15 is 0 Å². The Hall–Kier alpha value is -1.35. The Morgan fingerprint density at radius 2 is 2.05 bits per heavy atom. The van der Waals surface area contributed by atoms with Gasteiger partial charge in [0.05, 0.1) is 0 Å². The third kappa shape index (κ3) is 4.31. The van der Waals surface area contributed by atoms with Crippen molar-refractivity contribution in [1.82, 2.24) is 4.90 Å². The molecule has 1 aromatic carbocycles. The minimum Gasteiger partial charge on any atom is -0.335 e. The molecule has 0 aromatic heterocycles.